The lowest BCUT2D eigenvalue weighted by Gasteiger charge is -2.51. The van der Waals surface area contributed by atoms with Gasteiger partial charge in [-0.3, -0.25) is 0 Å². The number of hydrogen-bond acceptors (Lipinski definition) is 3. The molecule has 0 aromatic heterocycles. The van der Waals surface area contributed by atoms with Crippen LogP contribution in [0.25, 0.3) is 21.9 Å². The Hall–Kier alpha value is -2.13. The maximum Gasteiger partial charge on any atom is 0.133 e. The molecule has 3 aromatic rings. The van der Waals surface area contributed by atoms with Crippen molar-refractivity contribution >= 4 is 22.5 Å². The number of benzene rings is 3. The molecule has 2 aliphatic rings. The Morgan fingerprint density at radius 1 is 0.871 bits per heavy atom. The number of hydrogen-bond donors (Lipinski definition) is 1. The van der Waals surface area contributed by atoms with Gasteiger partial charge in [0, 0.05) is 15.7 Å². The van der Waals surface area contributed by atoms with Gasteiger partial charge in [-0.25, -0.2) is 0 Å². The fourth-order valence-corrected chi connectivity index (χ4v) is 7.74. The van der Waals surface area contributed by atoms with Crippen molar-refractivity contribution in [3.63, 3.8) is 0 Å². The number of phenols is 1. The Morgan fingerprint density at radius 3 is 2.19 bits per heavy atom. The fraction of sp³-hybridized carbons (Fsp3) is 0.429. The van der Waals surface area contributed by atoms with Crippen molar-refractivity contribution in [2.75, 3.05) is 13.4 Å². The van der Waals surface area contributed by atoms with Crippen molar-refractivity contribution in [2.24, 2.45) is 10.8 Å². The molecule has 5 rings (SSSR count). The Kier molecular flexibility index (Phi) is 4.47. The summed E-state index contributed by atoms with van der Waals surface area (Å²) in [5, 5.41) is 13.2. The van der Waals surface area contributed by atoms with Crippen LogP contribution in [0.3, 0.4) is 0 Å². The molecule has 31 heavy (non-hydrogen) atoms. The van der Waals surface area contributed by atoms with E-state index >= 15 is 0 Å². The zero-order valence-electron chi connectivity index (χ0n) is 19.4. The van der Waals surface area contributed by atoms with Crippen molar-refractivity contribution < 1.29 is 9.84 Å². The summed E-state index contributed by atoms with van der Waals surface area (Å²) in [5.41, 5.74) is 5.68. The van der Waals surface area contributed by atoms with E-state index in [2.05, 4.69) is 70.2 Å². The summed E-state index contributed by atoms with van der Waals surface area (Å²) in [7, 11) is 1.73. The SMILES string of the molecule is COc1cc2c3c(cc(O)c2cc1SC)C1(CC(C)(C)CC(C)(C)C1)c1ccccc1-3. The van der Waals surface area contributed by atoms with Crippen molar-refractivity contribution in [2.45, 2.75) is 57.3 Å². The van der Waals surface area contributed by atoms with Gasteiger partial charge in [0.1, 0.15) is 11.5 Å². The second-order valence-electron chi connectivity index (χ2n) is 11.1. The molecule has 0 saturated heterocycles. The van der Waals surface area contributed by atoms with Gasteiger partial charge in [0.15, 0.2) is 0 Å². The maximum atomic E-state index is 11.2. The van der Waals surface area contributed by atoms with E-state index in [1.807, 2.05) is 6.26 Å². The number of fused-ring (bicyclic) bond motifs is 7. The van der Waals surface area contributed by atoms with E-state index in [9.17, 15) is 5.11 Å². The first-order chi connectivity index (χ1) is 14.6. The second-order valence-corrected chi connectivity index (χ2v) is 11.9. The van der Waals surface area contributed by atoms with Gasteiger partial charge in [0.25, 0.3) is 0 Å². The first kappa shape index (κ1) is 20.8. The summed E-state index contributed by atoms with van der Waals surface area (Å²) in [6.45, 7) is 9.63. The average Bonchev–Trinajstić information content (AvgIpc) is 2.94. The van der Waals surface area contributed by atoms with Crippen molar-refractivity contribution in [1.82, 2.24) is 0 Å². The summed E-state index contributed by atoms with van der Waals surface area (Å²) in [4.78, 5) is 1.05. The molecule has 0 radical (unpaired) electrons. The topological polar surface area (TPSA) is 29.5 Å². The van der Waals surface area contributed by atoms with Crippen LogP contribution in [0.5, 0.6) is 11.5 Å². The lowest BCUT2D eigenvalue weighted by atomic mass is 9.52. The van der Waals surface area contributed by atoms with Gasteiger partial charge in [-0.1, -0.05) is 52.0 Å². The quantitative estimate of drug-likeness (QED) is 0.419. The lowest BCUT2D eigenvalue weighted by molar-refractivity contribution is 0.0645. The smallest absolute Gasteiger partial charge is 0.133 e. The second kappa shape index (κ2) is 6.68. The predicted molar refractivity (Wildman–Crippen MR) is 132 cm³/mol. The van der Waals surface area contributed by atoms with Crippen molar-refractivity contribution in [1.29, 1.82) is 0 Å². The third-order valence-corrected chi connectivity index (χ3v) is 8.12. The molecule has 3 aromatic carbocycles. The first-order valence-corrected chi connectivity index (χ1v) is 12.4. The van der Waals surface area contributed by atoms with E-state index in [1.165, 1.54) is 28.7 Å². The Labute approximate surface area is 190 Å². The van der Waals surface area contributed by atoms with Crippen LogP contribution >= 0.6 is 11.8 Å². The summed E-state index contributed by atoms with van der Waals surface area (Å²) in [6, 6.07) is 15.2. The summed E-state index contributed by atoms with van der Waals surface area (Å²) >= 11 is 1.65. The standard InChI is InChI=1S/C28H32O2S/c1-26(2)14-27(3,4)16-28(15-26)20-10-8-7-9-17(20)25-19-11-23(30-5)24(31-6)12-18(19)22(29)13-21(25)28/h7-13,29H,14-16H2,1-6H3. The number of methoxy groups -OCH3 is 1. The minimum Gasteiger partial charge on any atom is -0.507 e. The van der Waals surface area contributed by atoms with E-state index in [0.717, 1.165) is 34.3 Å². The van der Waals surface area contributed by atoms with Crippen molar-refractivity contribution in [3.8, 4) is 22.6 Å². The van der Waals surface area contributed by atoms with E-state index < -0.39 is 0 Å². The monoisotopic (exact) mass is 432 g/mol. The molecule has 1 fully saturated rings. The fourth-order valence-electron chi connectivity index (χ4n) is 7.16. The molecule has 1 spiro atoms. The van der Waals surface area contributed by atoms with Gasteiger partial charge in [-0.15, -0.1) is 11.8 Å². The van der Waals surface area contributed by atoms with Crippen LogP contribution in [0.2, 0.25) is 0 Å². The molecule has 0 amide bonds. The van der Waals surface area contributed by atoms with Crippen molar-refractivity contribution in [3.05, 3.63) is 53.6 Å². The lowest BCUT2D eigenvalue weighted by Crippen LogP contribution is -2.43. The number of phenolic OH excluding ortho intramolecular Hbond substituents is 1. The molecule has 0 aliphatic heterocycles. The van der Waals surface area contributed by atoms with Crippen LogP contribution in [-0.2, 0) is 5.41 Å². The van der Waals surface area contributed by atoms with E-state index in [-0.39, 0.29) is 16.2 Å². The summed E-state index contributed by atoms with van der Waals surface area (Å²) in [5.74, 6) is 1.25. The Balaban J connectivity index is 1.90. The average molecular weight is 433 g/mol. The highest BCUT2D eigenvalue weighted by Crippen LogP contribution is 2.64. The van der Waals surface area contributed by atoms with Gasteiger partial charge in [-0.2, -0.15) is 0 Å². The minimum atomic E-state index is -0.0751. The molecular formula is C28H32O2S. The zero-order valence-corrected chi connectivity index (χ0v) is 20.2. The number of thioether (sulfide) groups is 1. The zero-order chi connectivity index (χ0) is 22.2. The van der Waals surface area contributed by atoms with Crippen LogP contribution in [0, 0.1) is 10.8 Å². The molecule has 162 valence electrons. The van der Waals surface area contributed by atoms with E-state index in [0.29, 0.717) is 5.75 Å². The molecule has 2 nitrogen and oxygen atoms in total. The van der Waals surface area contributed by atoms with E-state index in [4.69, 9.17) is 4.74 Å². The molecule has 0 bridgehead atoms. The molecule has 0 heterocycles. The van der Waals surface area contributed by atoms with Crippen LogP contribution in [0.1, 0.15) is 58.1 Å². The van der Waals surface area contributed by atoms with Crippen LogP contribution in [0.4, 0.5) is 0 Å². The Bertz CT molecular complexity index is 1190. The van der Waals surface area contributed by atoms with Crippen LogP contribution in [-0.4, -0.2) is 18.5 Å². The number of aromatic hydroxyl groups is 1. The molecule has 2 aliphatic carbocycles. The third-order valence-electron chi connectivity index (χ3n) is 7.36. The number of ether oxygens (including phenoxy) is 1. The first-order valence-electron chi connectivity index (χ1n) is 11.1. The van der Waals surface area contributed by atoms with Gasteiger partial charge in [0.2, 0.25) is 0 Å². The largest absolute Gasteiger partial charge is 0.507 e. The van der Waals surface area contributed by atoms with Gasteiger partial charge in [0.05, 0.1) is 7.11 Å². The number of rotatable bonds is 2. The predicted octanol–water partition coefficient (Wildman–Crippen LogP) is 7.78. The molecule has 0 unspecified atom stereocenters. The minimum absolute atomic E-state index is 0.0751. The van der Waals surface area contributed by atoms with Crippen LogP contribution < -0.4 is 4.74 Å². The third kappa shape index (κ3) is 3.00. The summed E-state index contributed by atoms with van der Waals surface area (Å²) < 4.78 is 5.73. The van der Waals surface area contributed by atoms with Gasteiger partial charge < -0.3 is 9.84 Å². The molecule has 1 saturated carbocycles. The highest BCUT2D eigenvalue weighted by molar-refractivity contribution is 7.98. The van der Waals surface area contributed by atoms with Gasteiger partial charge in [-0.05, 0) is 82.2 Å². The highest BCUT2D eigenvalue weighted by Gasteiger charge is 2.53. The normalized spacial score (nSPS) is 19.9. The maximum absolute atomic E-state index is 11.2. The van der Waals surface area contributed by atoms with Crippen LogP contribution in [0.15, 0.2) is 47.4 Å². The molecule has 1 N–H and O–H groups in total. The Morgan fingerprint density at radius 2 is 1.55 bits per heavy atom. The molecule has 3 heteroatoms. The molecular weight excluding hydrogens is 400 g/mol. The van der Waals surface area contributed by atoms with Gasteiger partial charge >= 0.3 is 0 Å². The van der Waals surface area contributed by atoms with E-state index in [1.54, 1.807) is 18.9 Å². The molecule has 0 atom stereocenters. The summed E-state index contributed by atoms with van der Waals surface area (Å²) in [6.07, 6.45) is 5.45. The highest BCUT2D eigenvalue weighted by atomic mass is 32.2.